The molecule has 2 aromatic carbocycles. The minimum absolute atomic E-state index is 0.0311. The van der Waals surface area contributed by atoms with Crippen LogP contribution < -0.4 is 0 Å². The van der Waals surface area contributed by atoms with Crippen LogP contribution in [0.2, 0.25) is 0 Å². The van der Waals surface area contributed by atoms with Crippen molar-refractivity contribution in [3.8, 4) is 16.8 Å². The summed E-state index contributed by atoms with van der Waals surface area (Å²) in [6.45, 7) is 9.14. The van der Waals surface area contributed by atoms with E-state index in [4.69, 9.17) is 0 Å². The molecule has 3 aromatic rings. The molecule has 0 radical (unpaired) electrons. The molecule has 1 aromatic heterocycles. The highest BCUT2D eigenvalue weighted by molar-refractivity contribution is 5.82. The van der Waals surface area contributed by atoms with E-state index in [9.17, 15) is 0 Å². The number of nitrogens with zero attached hydrogens (tertiary/aromatic N) is 2. The predicted octanol–water partition coefficient (Wildman–Crippen LogP) is 5.30. The number of hydrogen-bond acceptors (Lipinski definition) is 1. The van der Waals surface area contributed by atoms with Crippen LogP contribution in [0, 0.1) is 0 Å². The summed E-state index contributed by atoms with van der Waals surface area (Å²) in [7, 11) is 0. The van der Waals surface area contributed by atoms with Crippen LogP contribution in [0.15, 0.2) is 54.9 Å². The van der Waals surface area contributed by atoms with Gasteiger partial charge in [0.1, 0.15) is 0 Å². The molecule has 0 unspecified atom stereocenters. The lowest BCUT2D eigenvalue weighted by molar-refractivity contribution is 0.658. The van der Waals surface area contributed by atoms with Gasteiger partial charge in [0.05, 0.1) is 5.69 Å². The smallest absolute Gasteiger partial charge is 0.0683 e. The maximum atomic E-state index is 4.47. The third-order valence-electron chi connectivity index (χ3n) is 5.10. The average molecular weight is 302 g/mol. The van der Waals surface area contributed by atoms with Crippen LogP contribution in [0.1, 0.15) is 50.3 Å². The van der Waals surface area contributed by atoms with E-state index in [-0.39, 0.29) is 5.41 Å². The zero-order valence-electron chi connectivity index (χ0n) is 14.2. The molecule has 116 valence electrons. The van der Waals surface area contributed by atoms with Crippen LogP contribution in [0.4, 0.5) is 0 Å². The summed E-state index contributed by atoms with van der Waals surface area (Å²) in [6.07, 6.45) is 3.87. The topological polar surface area (TPSA) is 17.8 Å². The van der Waals surface area contributed by atoms with E-state index in [2.05, 4.69) is 69.2 Å². The Morgan fingerprint density at radius 2 is 1.74 bits per heavy atom. The summed E-state index contributed by atoms with van der Waals surface area (Å²) in [5.74, 6) is 0.454. The van der Waals surface area contributed by atoms with Gasteiger partial charge < -0.3 is 0 Å². The summed E-state index contributed by atoms with van der Waals surface area (Å²) in [4.78, 5) is 0. The first-order chi connectivity index (χ1) is 11.0. The molecular formula is C21H22N2. The van der Waals surface area contributed by atoms with Crippen LogP contribution in [-0.4, -0.2) is 9.78 Å². The van der Waals surface area contributed by atoms with Crippen molar-refractivity contribution in [2.24, 2.45) is 0 Å². The second-order valence-corrected chi connectivity index (χ2v) is 7.23. The van der Waals surface area contributed by atoms with Crippen molar-refractivity contribution in [3.05, 3.63) is 71.5 Å². The fraction of sp³-hybridized carbons (Fsp3) is 0.286. The SMILES string of the molecule is CC(C)c1cc2c(cc1-n1cccn1)C(C)(C)c1ccccc1-2. The Labute approximate surface area is 137 Å². The Bertz CT molecular complexity index is 871. The minimum Gasteiger partial charge on any atom is -0.241 e. The van der Waals surface area contributed by atoms with Gasteiger partial charge in [-0.05, 0) is 51.9 Å². The van der Waals surface area contributed by atoms with Crippen molar-refractivity contribution in [3.63, 3.8) is 0 Å². The molecular weight excluding hydrogens is 280 g/mol. The van der Waals surface area contributed by atoms with E-state index >= 15 is 0 Å². The van der Waals surface area contributed by atoms with Crippen molar-refractivity contribution < 1.29 is 0 Å². The van der Waals surface area contributed by atoms with E-state index in [1.165, 1.54) is 33.5 Å². The largest absolute Gasteiger partial charge is 0.241 e. The molecule has 0 N–H and O–H groups in total. The van der Waals surface area contributed by atoms with Crippen LogP contribution in [0.5, 0.6) is 0 Å². The highest BCUT2D eigenvalue weighted by atomic mass is 15.3. The molecule has 4 rings (SSSR count). The van der Waals surface area contributed by atoms with Gasteiger partial charge in [-0.15, -0.1) is 0 Å². The van der Waals surface area contributed by atoms with Crippen LogP contribution in [-0.2, 0) is 5.41 Å². The lowest BCUT2D eigenvalue weighted by Crippen LogP contribution is -2.16. The molecule has 0 saturated carbocycles. The quantitative estimate of drug-likeness (QED) is 0.628. The van der Waals surface area contributed by atoms with Gasteiger partial charge in [-0.25, -0.2) is 4.68 Å². The fourth-order valence-corrected chi connectivity index (χ4v) is 3.83. The van der Waals surface area contributed by atoms with Crippen molar-refractivity contribution in [2.45, 2.75) is 39.0 Å². The number of hydrogen-bond donors (Lipinski definition) is 0. The van der Waals surface area contributed by atoms with Gasteiger partial charge in [0.2, 0.25) is 0 Å². The van der Waals surface area contributed by atoms with Crippen LogP contribution >= 0.6 is 0 Å². The molecule has 23 heavy (non-hydrogen) atoms. The summed E-state index contributed by atoms with van der Waals surface area (Å²) in [6, 6.07) is 15.5. The van der Waals surface area contributed by atoms with Gasteiger partial charge in [-0.1, -0.05) is 52.0 Å². The summed E-state index contributed by atoms with van der Waals surface area (Å²) < 4.78 is 1.99. The third kappa shape index (κ3) is 1.98. The first-order valence-electron chi connectivity index (χ1n) is 8.28. The van der Waals surface area contributed by atoms with Gasteiger partial charge in [0.15, 0.2) is 0 Å². The van der Waals surface area contributed by atoms with Crippen molar-refractivity contribution >= 4 is 0 Å². The monoisotopic (exact) mass is 302 g/mol. The Kier molecular flexibility index (Phi) is 2.99. The molecule has 0 fully saturated rings. The molecule has 0 saturated heterocycles. The molecule has 0 aliphatic heterocycles. The van der Waals surface area contributed by atoms with E-state index in [0.717, 1.165) is 0 Å². The molecule has 2 heteroatoms. The van der Waals surface area contributed by atoms with Gasteiger partial charge in [-0.3, -0.25) is 0 Å². The standard InChI is InChI=1S/C21H22N2/c1-14(2)16-12-17-15-8-5-6-9-18(15)21(3,4)19(17)13-20(16)23-11-7-10-22-23/h5-14H,1-4H3. The number of benzene rings is 2. The molecule has 1 aliphatic carbocycles. The highest BCUT2D eigenvalue weighted by Crippen LogP contribution is 2.50. The van der Waals surface area contributed by atoms with Gasteiger partial charge in [-0.2, -0.15) is 5.10 Å². The zero-order valence-corrected chi connectivity index (χ0v) is 14.2. The van der Waals surface area contributed by atoms with Crippen molar-refractivity contribution in [2.75, 3.05) is 0 Å². The average Bonchev–Trinajstić information content (AvgIpc) is 3.13. The van der Waals surface area contributed by atoms with Crippen molar-refractivity contribution in [1.29, 1.82) is 0 Å². The molecule has 0 atom stereocenters. The van der Waals surface area contributed by atoms with E-state index in [1.807, 2.05) is 23.1 Å². The third-order valence-corrected chi connectivity index (χ3v) is 5.10. The summed E-state index contributed by atoms with van der Waals surface area (Å²) in [5, 5.41) is 4.47. The number of fused-ring (bicyclic) bond motifs is 3. The summed E-state index contributed by atoms with van der Waals surface area (Å²) in [5.41, 5.74) is 8.15. The van der Waals surface area contributed by atoms with E-state index in [0.29, 0.717) is 5.92 Å². The first-order valence-corrected chi connectivity index (χ1v) is 8.28. The first kappa shape index (κ1) is 14.3. The molecule has 1 aliphatic rings. The minimum atomic E-state index is 0.0311. The highest BCUT2D eigenvalue weighted by Gasteiger charge is 2.36. The molecule has 0 amide bonds. The van der Waals surface area contributed by atoms with Gasteiger partial charge in [0.25, 0.3) is 0 Å². The predicted molar refractivity (Wildman–Crippen MR) is 95.2 cm³/mol. The van der Waals surface area contributed by atoms with E-state index < -0.39 is 0 Å². The summed E-state index contributed by atoms with van der Waals surface area (Å²) >= 11 is 0. The lowest BCUT2D eigenvalue weighted by atomic mass is 9.81. The number of aromatic nitrogens is 2. The Balaban J connectivity index is 2.04. The number of rotatable bonds is 2. The fourth-order valence-electron chi connectivity index (χ4n) is 3.83. The normalized spacial score (nSPS) is 14.8. The van der Waals surface area contributed by atoms with Gasteiger partial charge in [0, 0.05) is 17.8 Å². The molecule has 0 bridgehead atoms. The zero-order chi connectivity index (χ0) is 16.2. The lowest BCUT2D eigenvalue weighted by Gasteiger charge is -2.23. The van der Waals surface area contributed by atoms with Crippen LogP contribution in [0.25, 0.3) is 16.8 Å². The Hall–Kier alpha value is -2.35. The Morgan fingerprint density at radius 3 is 2.43 bits per heavy atom. The van der Waals surface area contributed by atoms with Crippen molar-refractivity contribution in [1.82, 2.24) is 9.78 Å². The second-order valence-electron chi connectivity index (χ2n) is 7.23. The second kappa shape index (κ2) is 4.82. The molecule has 0 spiro atoms. The molecule has 1 heterocycles. The van der Waals surface area contributed by atoms with E-state index in [1.54, 1.807) is 0 Å². The maximum Gasteiger partial charge on any atom is 0.0683 e. The maximum absolute atomic E-state index is 4.47. The Morgan fingerprint density at radius 1 is 0.957 bits per heavy atom. The molecule has 2 nitrogen and oxygen atoms in total. The van der Waals surface area contributed by atoms with Crippen LogP contribution in [0.3, 0.4) is 0 Å². The van der Waals surface area contributed by atoms with Gasteiger partial charge >= 0.3 is 0 Å².